The number of non-ortho nitro benzene ring substituents is 1. The van der Waals surface area contributed by atoms with E-state index in [4.69, 9.17) is 0 Å². The molecule has 0 fully saturated rings. The Kier molecular flexibility index (Phi) is 5.12. The van der Waals surface area contributed by atoms with Gasteiger partial charge in [-0.15, -0.1) is 0 Å². The molecule has 0 amide bonds. The van der Waals surface area contributed by atoms with Crippen molar-refractivity contribution in [2.45, 2.75) is 13.0 Å². The average Bonchev–Trinajstić information content (AvgIpc) is 2.75. The van der Waals surface area contributed by atoms with E-state index in [2.05, 4.69) is 0 Å². The van der Waals surface area contributed by atoms with Gasteiger partial charge < -0.3 is 0 Å². The molecular weight excluding hydrogens is 364 g/mol. The third kappa shape index (κ3) is 4.19. The van der Waals surface area contributed by atoms with E-state index in [0.29, 0.717) is 6.42 Å². The van der Waals surface area contributed by atoms with Crippen molar-refractivity contribution in [2.24, 2.45) is 0 Å². The normalized spacial score (nSPS) is 10.8. The maximum Gasteiger partial charge on any atom is 0.269 e. The van der Waals surface area contributed by atoms with Gasteiger partial charge in [0.05, 0.1) is 4.92 Å². The number of pyridine rings is 1. The van der Waals surface area contributed by atoms with Crippen molar-refractivity contribution in [1.29, 1.82) is 0 Å². The number of aromatic nitrogens is 1. The van der Waals surface area contributed by atoms with E-state index in [1.165, 1.54) is 12.1 Å². The lowest BCUT2D eigenvalue weighted by Crippen LogP contribution is -2.37. The fraction of sp³-hybridized carbons (Fsp3) is 0.0833. The lowest BCUT2D eigenvalue weighted by atomic mass is 10.0. The number of carbonyl (C=O) groups excluding carboxylic acids is 1. The summed E-state index contributed by atoms with van der Waals surface area (Å²) in [5.41, 5.74) is 2.89. The van der Waals surface area contributed by atoms with Crippen LogP contribution in [-0.4, -0.2) is 10.7 Å². The molecule has 0 unspecified atom stereocenters. The SMILES string of the molecule is O=C(C[n+]1ccc(Cc2ccc([N+](=O)[O-])cc2)cc1)c1cccc2ccccc12. The first kappa shape index (κ1) is 18.5. The third-order valence-corrected chi connectivity index (χ3v) is 4.93. The van der Waals surface area contributed by atoms with Crippen LogP contribution in [-0.2, 0) is 13.0 Å². The van der Waals surface area contributed by atoms with Crippen molar-refractivity contribution in [1.82, 2.24) is 0 Å². The fourth-order valence-corrected chi connectivity index (χ4v) is 3.40. The molecule has 0 bridgehead atoms. The zero-order valence-electron chi connectivity index (χ0n) is 15.7. The predicted molar refractivity (Wildman–Crippen MR) is 111 cm³/mol. The van der Waals surface area contributed by atoms with Gasteiger partial charge in [-0.3, -0.25) is 14.9 Å². The van der Waals surface area contributed by atoms with Gasteiger partial charge in [-0.1, -0.05) is 54.6 Å². The Morgan fingerprint density at radius 3 is 2.21 bits per heavy atom. The van der Waals surface area contributed by atoms with E-state index < -0.39 is 4.92 Å². The third-order valence-electron chi connectivity index (χ3n) is 4.93. The van der Waals surface area contributed by atoms with Gasteiger partial charge in [0.25, 0.3) is 5.69 Å². The molecule has 3 aromatic carbocycles. The highest BCUT2D eigenvalue weighted by atomic mass is 16.6. The molecule has 0 radical (unpaired) electrons. The number of hydrogen-bond acceptors (Lipinski definition) is 3. The van der Waals surface area contributed by atoms with E-state index in [9.17, 15) is 14.9 Å². The van der Waals surface area contributed by atoms with Gasteiger partial charge in [0.15, 0.2) is 12.4 Å². The molecule has 0 spiro atoms. The van der Waals surface area contributed by atoms with Crippen LogP contribution in [0.15, 0.2) is 91.3 Å². The van der Waals surface area contributed by atoms with Gasteiger partial charge in [-0.25, -0.2) is 0 Å². The number of nitro groups is 1. The molecule has 5 nitrogen and oxygen atoms in total. The molecule has 5 heteroatoms. The Morgan fingerprint density at radius 1 is 0.828 bits per heavy atom. The summed E-state index contributed by atoms with van der Waals surface area (Å²) < 4.78 is 1.86. The summed E-state index contributed by atoms with van der Waals surface area (Å²) in [5, 5.41) is 12.8. The van der Waals surface area contributed by atoms with Crippen LogP contribution in [0.5, 0.6) is 0 Å². The summed E-state index contributed by atoms with van der Waals surface area (Å²) in [6.45, 7) is 0.270. The Labute approximate surface area is 168 Å². The number of hydrogen-bond donors (Lipinski definition) is 0. The standard InChI is InChI=1S/C24H19N2O3/c27-24(23-7-3-5-20-4-1-2-6-22(20)23)17-25-14-12-19(13-15-25)16-18-8-10-21(11-9-18)26(28)29/h1-15H,16-17H2/q+1. The number of ketones is 1. The number of rotatable bonds is 6. The van der Waals surface area contributed by atoms with E-state index in [0.717, 1.165) is 27.5 Å². The number of Topliss-reactive ketones (excluding diaryl/α,β-unsaturated/α-hetero) is 1. The molecule has 142 valence electrons. The molecule has 0 saturated heterocycles. The average molecular weight is 383 g/mol. The van der Waals surface area contributed by atoms with Crippen LogP contribution in [0.1, 0.15) is 21.5 Å². The highest BCUT2D eigenvalue weighted by Gasteiger charge is 2.15. The highest BCUT2D eigenvalue weighted by molar-refractivity contribution is 6.07. The molecule has 0 aliphatic heterocycles. The Balaban J connectivity index is 1.46. The summed E-state index contributed by atoms with van der Waals surface area (Å²) in [7, 11) is 0. The van der Waals surface area contributed by atoms with Crippen LogP contribution >= 0.6 is 0 Å². The van der Waals surface area contributed by atoms with Gasteiger partial charge in [0, 0.05) is 29.8 Å². The summed E-state index contributed by atoms with van der Waals surface area (Å²) in [6.07, 6.45) is 4.46. The van der Waals surface area contributed by atoms with Gasteiger partial charge in [0.2, 0.25) is 12.3 Å². The molecule has 0 aliphatic rings. The molecule has 0 N–H and O–H groups in total. The first-order valence-electron chi connectivity index (χ1n) is 9.32. The van der Waals surface area contributed by atoms with Gasteiger partial charge in [0.1, 0.15) is 0 Å². The number of nitro benzene ring substituents is 1. The molecule has 0 atom stereocenters. The van der Waals surface area contributed by atoms with Crippen LogP contribution in [0.3, 0.4) is 0 Å². The van der Waals surface area contributed by atoms with E-state index in [1.54, 1.807) is 12.1 Å². The van der Waals surface area contributed by atoms with Crippen LogP contribution in [0.4, 0.5) is 5.69 Å². The summed E-state index contributed by atoms with van der Waals surface area (Å²) >= 11 is 0. The number of carbonyl (C=O) groups is 1. The minimum atomic E-state index is -0.401. The largest absolute Gasteiger partial charge is 0.287 e. The van der Waals surface area contributed by atoms with Crippen molar-refractivity contribution >= 4 is 22.2 Å². The van der Waals surface area contributed by atoms with Gasteiger partial charge >= 0.3 is 0 Å². The van der Waals surface area contributed by atoms with E-state index in [-0.39, 0.29) is 18.0 Å². The van der Waals surface area contributed by atoms with E-state index in [1.807, 2.05) is 71.6 Å². The quantitative estimate of drug-likeness (QED) is 0.213. The monoisotopic (exact) mass is 383 g/mol. The van der Waals surface area contributed by atoms with Crippen LogP contribution < -0.4 is 4.57 Å². The summed E-state index contributed by atoms with van der Waals surface area (Å²) in [6, 6.07) is 24.2. The molecule has 1 heterocycles. The Bertz CT molecular complexity index is 1180. The van der Waals surface area contributed by atoms with Crippen molar-refractivity contribution in [3.05, 3.63) is 118 Å². The van der Waals surface area contributed by atoms with Crippen LogP contribution in [0, 0.1) is 10.1 Å². The fourth-order valence-electron chi connectivity index (χ4n) is 3.40. The minimum absolute atomic E-state index is 0.0647. The molecule has 0 saturated carbocycles. The maximum atomic E-state index is 12.8. The first-order valence-corrected chi connectivity index (χ1v) is 9.32. The summed E-state index contributed by atoms with van der Waals surface area (Å²) in [4.78, 5) is 23.2. The topological polar surface area (TPSA) is 64.1 Å². The molecule has 4 rings (SSSR count). The second-order valence-electron chi connectivity index (χ2n) is 6.93. The van der Waals surface area contributed by atoms with Crippen molar-refractivity contribution in [2.75, 3.05) is 0 Å². The minimum Gasteiger partial charge on any atom is -0.287 e. The molecule has 29 heavy (non-hydrogen) atoms. The van der Waals surface area contributed by atoms with Crippen LogP contribution in [0.25, 0.3) is 10.8 Å². The van der Waals surface area contributed by atoms with Gasteiger partial charge in [-0.05, 0) is 28.3 Å². The smallest absolute Gasteiger partial charge is 0.269 e. The summed E-state index contributed by atoms with van der Waals surface area (Å²) in [5.74, 6) is 0.0647. The van der Waals surface area contributed by atoms with Crippen molar-refractivity contribution < 1.29 is 14.3 Å². The number of nitrogens with zero attached hydrogens (tertiary/aromatic N) is 2. The number of benzene rings is 3. The highest BCUT2D eigenvalue weighted by Crippen LogP contribution is 2.19. The number of fused-ring (bicyclic) bond motifs is 1. The Hall–Kier alpha value is -3.86. The predicted octanol–water partition coefficient (Wildman–Crippen LogP) is 4.51. The zero-order valence-corrected chi connectivity index (χ0v) is 15.7. The van der Waals surface area contributed by atoms with Crippen molar-refractivity contribution in [3.8, 4) is 0 Å². The second kappa shape index (κ2) is 8.02. The van der Waals surface area contributed by atoms with E-state index >= 15 is 0 Å². The van der Waals surface area contributed by atoms with Crippen LogP contribution in [0.2, 0.25) is 0 Å². The lowest BCUT2D eigenvalue weighted by molar-refractivity contribution is -0.683. The van der Waals surface area contributed by atoms with Crippen molar-refractivity contribution in [3.63, 3.8) is 0 Å². The molecule has 4 aromatic rings. The maximum absolute atomic E-state index is 12.8. The zero-order chi connectivity index (χ0) is 20.2. The molecule has 0 aliphatic carbocycles. The van der Waals surface area contributed by atoms with Gasteiger partial charge in [-0.2, -0.15) is 4.57 Å². The molecular formula is C24H19N2O3+. The Morgan fingerprint density at radius 2 is 1.48 bits per heavy atom. The second-order valence-corrected chi connectivity index (χ2v) is 6.93. The molecule has 1 aromatic heterocycles. The lowest BCUT2D eigenvalue weighted by Gasteiger charge is -2.05. The first-order chi connectivity index (χ1) is 14.1.